The molecule has 0 radical (unpaired) electrons. The topological polar surface area (TPSA) is 153 Å². The Labute approximate surface area is 230 Å². The maximum atomic E-state index is 13.0. The molecule has 0 spiro atoms. The number of rotatable bonds is 8. The van der Waals surface area contributed by atoms with Gasteiger partial charge in [0.2, 0.25) is 11.7 Å². The van der Waals surface area contributed by atoms with Crippen LogP contribution in [0.1, 0.15) is 34.1 Å². The smallest absolute Gasteiger partial charge is 0.426 e. The normalized spacial score (nSPS) is 11.8. The number of nitrogens with one attached hydrogen (secondary N) is 3. The number of pyridine rings is 1. The van der Waals surface area contributed by atoms with Crippen LogP contribution in [-0.4, -0.2) is 33.1 Å². The van der Waals surface area contributed by atoms with Crippen molar-refractivity contribution in [1.82, 2.24) is 25.3 Å². The molecule has 2 aromatic heterocycles. The summed E-state index contributed by atoms with van der Waals surface area (Å²) in [7, 11) is 0. The lowest BCUT2D eigenvalue weighted by Gasteiger charge is -2.15. The summed E-state index contributed by atoms with van der Waals surface area (Å²) in [5.41, 5.74) is 16.9. The van der Waals surface area contributed by atoms with E-state index in [4.69, 9.17) is 10.5 Å². The Balaban J connectivity index is 1.18. The Bertz CT molecular complexity index is 1600. The lowest BCUT2D eigenvalue weighted by atomic mass is 9.98. The molecule has 0 atom stereocenters. The standard InChI is InChI=1S/C29H29N7O4/c1-17-11-12-24(30)25(33-17)14-31-26(37)15-36-18(2)13-32-27(28(36)38)34-35-29(39)40-16-23-21-9-5-3-7-19(21)20-8-4-6-10-22(20)23/h3-13,23H,14-16,30H2,1-2H3,(H,31,37)(H,32,34)(H,35,39). The second-order valence-electron chi connectivity index (χ2n) is 9.48. The average Bonchev–Trinajstić information content (AvgIpc) is 3.27. The van der Waals surface area contributed by atoms with E-state index in [2.05, 4.69) is 38.3 Å². The van der Waals surface area contributed by atoms with Gasteiger partial charge in [-0.3, -0.25) is 24.6 Å². The van der Waals surface area contributed by atoms with Gasteiger partial charge in [0, 0.05) is 23.5 Å². The third-order valence-electron chi connectivity index (χ3n) is 6.78. The van der Waals surface area contributed by atoms with E-state index in [1.54, 1.807) is 19.1 Å². The predicted octanol–water partition coefficient (Wildman–Crippen LogP) is 3.02. The van der Waals surface area contributed by atoms with Gasteiger partial charge in [0.15, 0.2) is 0 Å². The first-order chi connectivity index (χ1) is 19.3. The fourth-order valence-corrected chi connectivity index (χ4v) is 4.74. The number of hydrogen-bond acceptors (Lipinski definition) is 8. The first-order valence-corrected chi connectivity index (χ1v) is 12.7. The Morgan fingerprint density at radius 3 is 2.38 bits per heavy atom. The minimum absolute atomic E-state index is 0.100. The molecule has 5 N–H and O–H groups in total. The highest BCUT2D eigenvalue weighted by atomic mass is 16.6. The second kappa shape index (κ2) is 11.3. The van der Waals surface area contributed by atoms with Gasteiger partial charge in [0.05, 0.1) is 17.9 Å². The van der Waals surface area contributed by atoms with Crippen molar-refractivity contribution in [3.05, 3.63) is 105 Å². The van der Waals surface area contributed by atoms with E-state index < -0.39 is 17.6 Å². The third kappa shape index (κ3) is 5.48. The van der Waals surface area contributed by atoms with Crippen molar-refractivity contribution in [2.24, 2.45) is 0 Å². The molecule has 0 saturated carbocycles. The van der Waals surface area contributed by atoms with Crippen molar-refractivity contribution in [2.45, 2.75) is 32.9 Å². The number of anilines is 2. The molecule has 11 heteroatoms. The van der Waals surface area contributed by atoms with E-state index in [0.717, 1.165) is 27.9 Å². The summed E-state index contributed by atoms with van der Waals surface area (Å²) < 4.78 is 6.73. The van der Waals surface area contributed by atoms with Crippen molar-refractivity contribution in [3.8, 4) is 11.1 Å². The number of fused-ring (bicyclic) bond motifs is 3. The van der Waals surface area contributed by atoms with Crippen LogP contribution < -0.4 is 27.5 Å². The van der Waals surface area contributed by atoms with E-state index in [1.165, 1.54) is 10.8 Å². The summed E-state index contributed by atoms with van der Waals surface area (Å²) in [5.74, 6) is -0.664. The van der Waals surface area contributed by atoms with Crippen LogP contribution in [0.5, 0.6) is 0 Å². The monoisotopic (exact) mass is 539 g/mol. The van der Waals surface area contributed by atoms with Crippen LogP contribution in [0.2, 0.25) is 0 Å². The van der Waals surface area contributed by atoms with Crippen LogP contribution in [0, 0.1) is 13.8 Å². The molecule has 0 aliphatic heterocycles. The molecule has 40 heavy (non-hydrogen) atoms. The van der Waals surface area contributed by atoms with Gasteiger partial charge in [-0.15, -0.1) is 0 Å². The van der Waals surface area contributed by atoms with Gasteiger partial charge in [0.25, 0.3) is 5.56 Å². The number of nitrogens with zero attached hydrogens (tertiary/aromatic N) is 3. The number of aryl methyl sites for hydroxylation is 2. The highest BCUT2D eigenvalue weighted by Gasteiger charge is 2.29. The minimum atomic E-state index is -0.767. The summed E-state index contributed by atoms with van der Waals surface area (Å²) in [6, 6.07) is 19.6. The minimum Gasteiger partial charge on any atom is -0.447 e. The SMILES string of the molecule is Cc1ccc(N)c(CNC(=O)Cn2c(C)cnc(NNC(=O)OCC3c4ccccc4-c4ccccc43)c2=O)n1. The fourth-order valence-electron chi connectivity index (χ4n) is 4.74. The summed E-state index contributed by atoms with van der Waals surface area (Å²) in [6.07, 6.45) is 0.660. The number of nitrogen functional groups attached to an aromatic ring is 1. The molecule has 11 nitrogen and oxygen atoms in total. The molecular weight excluding hydrogens is 510 g/mol. The van der Waals surface area contributed by atoms with E-state index >= 15 is 0 Å². The number of hydrazine groups is 1. The van der Waals surface area contributed by atoms with Gasteiger partial charge < -0.3 is 15.8 Å². The van der Waals surface area contributed by atoms with Crippen LogP contribution in [-0.2, 0) is 22.6 Å². The molecule has 2 heterocycles. The average molecular weight is 540 g/mol. The lowest BCUT2D eigenvalue weighted by Crippen LogP contribution is -2.38. The van der Waals surface area contributed by atoms with Crippen LogP contribution >= 0.6 is 0 Å². The Hall–Kier alpha value is -5.19. The van der Waals surface area contributed by atoms with Crippen LogP contribution in [0.3, 0.4) is 0 Å². The van der Waals surface area contributed by atoms with Crippen molar-refractivity contribution in [1.29, 1.82) is 0 Å². The first kappa shape index (κ1) is 26.4. The van der Waals surface area contributed by atoms with Crippen molar-refractivity contribution in [3.63, 3.8) is 0 Å². The second-order valence-corrected chi connectivity index (χ2v) is 9.48. The first-order valence-electron chi connectivity index (χ1n) is 12.7. The molecule has 0 saturated heterocycles. The fraction of sp³-hybridized carbons (Fsp3) is 0.207. The van der Waals surface area contributed by atoms with Crippen molar-refractivity contribution < 1.29 is 14.3 Å². The Morgan fingerprint density at radius 1 is 1.00 bits per heavy atom. The van der Waals surface area contributed by atoms with Crippen LogP contribution in [0.15, 0.2) is 71.7 Å². The molecule has 0 bridgehead atoms. The zero-order valence-electron chi connectivity index (χ0n) is 22.1. The number of hydrogen-bond donors (Lipinski definition) is 4. The molecule has 0 unspecified atom stereocenters. The number of aromatic nitrogens is 3. The number of carbonyl (C=O) groups excluding carboxylic acids is 2. The summed E-state index contributed by atoms with van der Waals surface area (Å²) in [5, 5.41) is 2.73. The quantitative estimate of drug-likeness (QED) is 0.249. The number of benzene rings is 2. The van der Waals surface area contributed by atoms with Crippen LogP contribution in [0.25, 0.3) is 11.1 Å². The number of ether oxygens (including phenoxy) is 1. The maximum Gasteiger partial charge on any atom is 0.426 e. The zero-order chi connectivity index (χ0) is 28.2. The molecule has 204 valence electrons. The van der Waals surface area contributed by atoms with Crippen molar-refractivity contribution >= 4 is 23.5 Å². The van der Waals surface area contributed by atoms with Gasteiger partial charge in [-0.25, -0.2) is 15.2 Å². The maximum absolute atomic E-state index is 13.0. The lowest BCUT2D eigenvalue weighted by molar-refractivity contribution is -0.121. The summed E-state index contributed by atoms with van der Waals surface area (Å²) in [6.45, 7) is 3.48. The van der Waals surface area contributed by atoms with E-state index in [1.807, 2.05) is 43.3 Å². The Morgan fingerprint density at radius 2 is 1.68 bits per heavy atom. The van der Waals surface area contributed by atoms with Gasteiger partial charge >= 0.3 is 6.09 Å². The molecule has 1 aliphatic rings. The Kier molecular flexibility index (Phi) is 7.45. The molecule has 2 aromatic carbocycles. The number of amides is 2. The summed E-state index contributed by atoms with van der Waals surface area (Å²) >= 11 is 0. The molecule has 0 fully saturated rings. The van der Waals surface area contributed by atoms with Gasteiger partial charge in [-0.05, 0) is 48.2 Å². The predicted molar refractivity (Wildman–Crippen MR) is 150 cm³/mol. The van der Waals surface area contributed by atoms with Crippen molar-refractivity contribution in [2.75, 3.05) is 17.8 Å². The molecule has 5 rings (SSSR count). The number of nitrogens with two attached hydrogens (primary N) is 1. The van der Waals surface area contributed by atoms with Gasteiger partial charge in [-0.1, -0.05) is 48.5 Å². The largest absolute Gasteiger partial charge is 0.447 e. The number of carbonyl (C=O) groups is 2. The van der Waals surface area contributed by atoms with Gasteiger partial charge in [0.1, 0.15) is 13.2 Å². The molecular formula is C29H29N7O4. The highest BCUT2D eigenvalue weighted by molar-refractivity contribution is 5.79. The molecule has 1 aliphatic carbocycles. The van der Waals surface area contributed by atoms with E-state index in [-0.39, 0.29) is 31.4 Å². The molecule has 4 aromatic rings. The third-order valence-corrected chi connectivity index (χ3v) is 6.78. The summed E-state index contributed by atoms with van der Waals surface area (Å²) in [4.78, 5) is 46.4. The van der Waals surface area contributed by atoms with E-state index in [9.17, 15) is 14.4 Å². The van der Waals surface area contributed by atoms with Crippen LogP contribution in [0.4, 0.5) is 16.3 Å². The zero-order valence-corrected chi connectivity index (χ0v) is 22.1. The highest BCUT2D eigenvalue weighted by Crippen LogP contribution is 2.44. The van der Waals surface area contributed by atoms with E-state index in [0.29, 0.717) is 17.1 Å². The van der Waals surface area contributed by atoms with Gasteiger partial charge in [-0.2, -0.15) is 0 Å². The molecule has 2 amide bonds.